The predicted octanol–water partition coefficient (Wildman–Crippen LogP) is 4.06. The number of nitro benzene ring substituents is 1. The third-order valence-electron chi connectivity index (χ3n) is 4.04. The number of ether oxygens (including phenoxy) is 1. The molecule has 0 radical (unpaired) electrons. The molecule has 0 bridgehead atoms. The Hall–Kier alpha value is -2.70. The maximum Gasteiger partial charge on any atom is 0.272 e. The van der Waals surface area contributed by atoms with Crippen LogP contribution in [0.3, 0.4) is 0 Å². The highest BCUT2D eigenvalue weighted by Gasteiger charge is 2.17. The third kappa shape index (κ3) is 3.98. The molecule has 0 aliphatic heterocycles. The van der Waals surface area contributed by atoms with Crippen LogP contribution < -0.4 is 10.1 Å². The molecule has 3 rings (SSSR count). The van der Waals surface area contributed by atoms with Crippen LogP contribution in [0.4, 0.5) is 15.8 Å². The fourth-order valence-corrected chi connectivity index (χ4v) is 2.76. The molecule has 0 spiro atoms. The molecule has 7 heteroatoms. The first-order valence-corrected chi connectivity index (χ1v) is 7.91. The first-order chi connectivity index (χ1) is 11.6. The number of nitro groups is 1. The van der Waals surface area contributed by atoms with Crippen molar-refractivity contribution in [2.24, 2.45) is 0 Å². The van der Waals surface area contributed by atoms with E-state index >= 15 is 0 Å². The van der Waals surface area contributed by atoms with Crippen LogP contribution in [0.5, 0.6) is 5.88 Å². The maximum atomic E-state index is 13.9. The lowest BCUT2D eigenvalue weighted by atomic mass is 10.2. The van der Waals surface area contributed by atoms with Crippen LogP contribution in [-0.2, 0) is 6.54 Å². The Balaban J connectivity index is 1.63. The van der Waals surface area contributed by atoms with E-state index in [1.54, 1.807) is 6.20 Å². The smallest absolute Gasteiger partial charge is 0.272 e. The molecule has 126 valence electrons. The molecule has 1 saturated carbocycles. The lowest BCUT2D eigenvalue weighted by molar-refractivity contribution is -0.385. The minimum atomic E-state index is -0.652. The first-order valence-electron chi connectivity index (χ1n) is 7.91. The molecule has 0 amide bonds. The number of pyridine rings is 1. The van der Waals surface area contributed by atoms with Crippen molar-refractivity contribution in [2.75, 3.05) is 5.32 Å². The second-order valence-corrected chi connectivity index (χ2v) is 5.80. The van der Waals surface area contributed by atoms with E-state index < -0.39 is 10.7 Å². The molecule has 1 aromatic carbocycles. The molecule has 2 aromatic rings. The molecule has 0 atom stereocenters. The maximum absolute atomic E-state index is 13.9. The Morgan fingerprint density at radius 3 is 2.79 bits per heavy atom. The number of aromatic nitrogens is 1. The first kappa shape index (κ1) is 16.2. The summed E-state index contributed by atoms with van der Waals surface area (Å²) in [6.45, 7) is 0.373. The van der Waals surface area contributed by atoms with E-state index in [2.05, 4.69) is 10.3 Å². The molecule has 1 aliphatic rings. The minimum Gasteiger partial charge on any atom is -0.474 e. The molecule has 0 unspecified atom stereocenters. The van der Waals surface area contributed by atoms with Gasteiger partial charge in [0.05, 0.1) is 16.7 Å². The largest absolute Gasteiger partial charge is 0.474 e. The average molecular weight is 331 g/mol. The Morgan fingerprint density at radius 1 is 1.29 bits per heavy atom. The standard InChI is InChI=1S/C17H18FN3O3/c18-15-10-13(21(22)23)5-6-16(15)20-11-12-7-8-19-17(9-12)24-14-3-1-2-4-14/h5-10,14,20H,1-4,11H2. The van der Waals surface area contributed by atoms with Gasteiger partial charge in [-0.05, 0) is 43.4 Å². The number of halogens is 1. The molecule has 1 aliphatic carbocycles. The van der Waals surface area contributed by atoms with Gasteiger partial charge in [-0.1, -0.05) is 0 Å². The van der Waals surface area contributed by atoms with Crippen molar-refractivity contribution in [3.8, 4) is 5.88 Å². The van der Waals surface area contributed by atoms with Gasteiger partial charge >= 0.3 is 0 Å². The van der Waals surface area contributed by atoms with Crippen molar-refractivity contribution in [2.45, 2.75) is 38.3 Å². The Kier molecular flexibility index (Phi) is 4.88. The van der Waals surface area contributed by atoms with Crippen LogP contribution in [0.2, 0.25) is 0 Å². The van der Waals surface area contributed by atoms with Crippen molar-refractivity contribution < 1.29 is 14.1 Å². The summed E-state index contributed by atoms with van der Waals surface area (Å²) in [5, 5.41) is 13.6. The zero-order valence-electron chi connectivity index (χ0n) is 13.1. The Labute approximate surface area is 138 Å². The van der Waals surface area contributed by atoms with Gasteiger partial charge in [0, 0.05) is 24.9 Å². The van der Waals surface area contributed by atoms with Gasteiger partial charge < -0.3 is 10.1 Å². The fraction of sp³-hybridized carbons (Fsp3) is 0.353. The van der Waals surface area contributed by atoms with Crippen molar-refractivity contribution in [1.29, 1.82) is 0 Å². The van der Waals surface area contributed by atoms with Gasteiger partial charge in [-0.2, -0.15) is 0 Å². The number of benzene rings is 1. The van der Waals surface area contributed by atoms with Crippen molar-refractivity contribution in [3.05, 3.63) is 58.0 Å². The SMILES string of the molecule is O=[N+]([O-])c1ccc(NCc2ccnc(OC3CCCC3)c2)c(F)c1. The monoisotopic (exact) mass is 331 g/mol. The van der Waals surface area contributed by atoms with E-state index in [9.17, 15) is 14.5 Å². The molecule has 1 N–H and O–H groups in total. The molecular weight excluding hydrogens is 313 g/mol. The lowest BCUT2D eigenvalue weighted by Crippen LogP contribution is -2.12. The normalized spacial score (nSPS) is 14.5. The van der Waals surface area contributed by atoms with Crippen LogP contribution in [0.25, 0.3) is 0 Å². The predicted molar refractivity (Wildman–Crippen MR) is 87.5 cm³/mol. The Morgan fingerprint density at radius 2 is 2.08 bits per heavy atom. The molecule has 24 heavy (non-hydrogen) atoms. The van der Waals surface area contributed by atoms with E-state index in [0.29, 0.717) is 12.4 Å². The van der Waals surface area contributed by atoms with Gasteiger partial charge in [0.1, 0.15) is 6.10 Å². The molecule has 1 heterocycles. The summed E-state index contributed by atoms with van der Waals surface area (Å²) >= 11 is 0. The minimum absolute atomic E-state index is 0.218. The van der Waals surface area contributed by atoms with E-state index in [-0.39, 0.29) is 17.5 Å². The zero-order chi connectivity index (χ0) is 16.9. The number of hydrogen-bond acceptors (Lipinski definition) is 5. The van der Waals surface area contributed by atoms with Crippen molar-refractivity contribution >= 4 is 11.4 Å². The van der Waals surface area contributed by atoms with Crippen molar-refractivity contribution in [3.63, 3.8) is 0 Å². The molecule has 6 nitrogen and oxygen atoms in total. The highest BCUT2D eigenvalue weighted by molar-refractivity contribution is 5.50. The summed E-state index contributed by atoms with van der Waals surface area (Å²) < 4.78 is 19.7. The quantitative estimate of drug-likeness (QED) is 0.638. The number of hydrogen-bond donors (Lipinski definition) is 1. The van der Waals surface area contributed by atoms with Gasteiger partial charge in [-0.3, -0.25) is 10.1 Å². The molecule has 1 fully saturated rings. The van der Waals surface area contributed by atoms with Crippen LogP contribution >= 0.6 is 0 Å². The Bertz CT molecular complexity index is 733. The highest BCUT2D eigenvalue weighted by atomic mass is 19.1. The zero-order valence-corrected chi connectivity index (χ0v) is 13.1. The number of non-ortho nitro benzene ring substituents is 1. The summed E-state index contributed by atoms with van der Waals surface area (Å²) in [6.07, 6.45) is 6.37. The van der Waals surface area contributed by atoms with E-state index in [1.807, 2.05) is 12.1 Å². The fourth-order valence-electron chi connectivity index (χ4n) is 2.76. The van der Waals surface area contributed by atoms with Crippen LogP contribution in [0.15, 0.2) is 36.5 Å². The second-order valence-electron chi connectivity index (χ2n) is 5.80. The number of anilines is 1. The molecular formula is C17H18FN3O3. The molecule has 0 saturated heterocycles. The van der Waals surface area contributed by atoms with Gasteiger partial charge in [-0.15, -0.1) is 0 Å². The summed E-state index contributed by atoms with van der Waals surface area (Å²) in [5.41, 5.74) is 0.848. The van der Waals surface area contributed by atoms with Crippen molar-refractivity contribution in [1.82, 2.24) is 4.98 Å². The second kappa shape index (κ2) is 7.25. The topological polar surface area (TPSA) is 77.3 Å². The van der Waals surface area contributed by atoms with Gasteiger partial charge in [0.2, 0.25) is 5.88 Å². The van der Waals surface area contributed by atoms with Crippen LogP contribution in [0, 0.1) is 15.9 Å². The molecule has 1 aromatic heterocycles. The number of nitrogens with one attached hydrogen (secondary N) is 1. The number of rotatable bonds is 6. The summed E-state index contributed by atoms with van der Waals surface area (Å²) in [7, 11) is 0. The summed E-state index contributed by atoms with van der Waals surface area (Å²) in [5.74, 6) is -0.0777. The summed E-state index contributed by atoms with van der Waals surface area (Å²) in [4.78, 5) is 14.2. The van der Waals surface area contributed by atoms with Gasteiger partial charge in [-0.25, -0.2) is 9.37 Å². The van der Waals surface area contributed by atoms with Crippen LogP contribution in [-0.4, -0.2) is 16.0 Å². The van der Waals surface area contributed by atoms with Gasteiger partial charge in [0.25, 0.3) is 5.69 Å². The van der Waals surface area contributed by atoms with Crippen LogP contribution in [0.1, 0.15) is 31.2 Å². The van der Waals surface area contributed by atoms with E-state index in [4.69, 9.17) is 4.74 Å². The van der Waals surface area contributed by atoms with Gasteiger partial charge in [0.15, 0.2) is 5.82 Å². The average Bonchev–Trinajstić information content (AvgIpc) is 3.07. The summed E-state index contributed by atoms with van der Waals surface area (Å²) in [6, 6.07) is 7.19. The number of nitrogens with zero attached hydrogens (tertiary/aromatic N) is 2. The van der Waals surface area contributed by atoms with E-state index in [1.165, 1.54) is 25.0 Å². The highest BCUT2D eigenvalue weighted by Crippen LogP contribution is 2.24. The lowest BCUT2D eigenvalue weighted by Gasteiger charge is -2.13. The third-order valence-corrected chi connectivity index (χ3v) is 4.04. The van der Waals surface area contributed by atoms with E-state index in [0.717, 1.165) is 24.5 Å².